The number of hydrogen-bond donors (Lipinski definition) is 1. The number of hydrogen-bond acceptors (Lipinski definition) is 3. The number of ether oxygens (including phenoxy) is 1. The summed E-state index contributed by atoms with van der Waals surface area (Å²) in [7, 11) is 1.79. The van der Waals surface area contributed by atoms with E-state index < -0.39 is 6.10 Å². The molecule has 0 fully saturated rings. The minimum absolute atomic E-state index is 0.193. The van der Waals surface area contributed by atoms with Crippen molar-refractivity contribution in [1.82, 2.24) is 9.78 Å². The Labute approximate surface area is 118 Å². The molecule has 5 heteroatoms. The summed E-state index contributed by atoms with van der Waals surface area (Å²) in [5.74, 6) is 0.467. The van der Waals surface area contributed by atoms with Crippen molar-refractivity contribution in [1.29, 1.82) is 0 Å². The molecule has 1 amide bonds. The Morgan fingerprint density at radius 3 is 2.65 bits per heavy atom. The molecule has 20 heavy (non-hydrogen) atoms. The summed E-state index contributed by atoms with van der Waals surface area (Å²) in [5, 5.41) is 7.05. The fraction of sp³-hybridized carbons (Fsp3) is 0.333. The normalized spacial score (nSPS) is 12.2. The number of anilines is 1. The molecule has 0 saturated heterocycles. The Morgan fingerprint density at radius 2 is 2.10 bits per heavy atom. The molecule has 1 atom stereocenters. The minimum atomic E-state index is -0.614. The second-order valence-corrected chi connectivity index (χ2v) is 4.53. The molecule has 0 saturated carbocycles. The first-order chi connectivity index (χ1) is 9.61. The van der Waals surface area contributed by atoms with Crippen LogP contribution in [0.5, 0.6) is 0 Å². The molecule has 5 nitrogen and oxygen atoms in total. The summed E-state index contributed by atoms with van der Waals surface area (Å²) < 4.78 is 7.21. The lowest BCUT2D eigenvalue weighted by molar-refractivity contribution is -0.127. The topological polar surface area (TPSA) is 56.1 Å². The van der Waals surface area contributed by atoms with Crippen LogP contribution in [0.3, 0.4) is 0 Å². The van der Waals surface area contributed by atoms with Crippen LogP contribution in [0.25, 0.3) is 0 Å². The van der Waals surface area contributed by atoms with Gasteiger partial charge in [0.05, 0.1) is 5.69 Å². The van der Waals surface area contributed by atoms with Gasteiger partial charge in [0, 0.05) is 19.7 Å². The van der Waals surface area contributed by atoms with E-state index in [1.165, 1.54) is 0 Å². The number of nitrogens with one attached hydrogen (secondary N) is 1. The number of benzene rings is 1. The lowest BCUT2D eigenvalue weighted by Crippen LogP contribution is -2.24. The smallest absolute Gasteiger partial charge is 0.259 e. The van der Waals surface area contributed by atoms with E-state index in [-0.39, 0.29) is 5.91 Å². The highest BCUT2D eigenvalue weighted by atomic mass is 16.5. The molecule has 1 aromatic carbocycles. The lowest BCUT2D eigenvalue weighted by Gasteiger charge is -2.17. The van der Waals surface area contributed by atoms with E-state index in [1.54, 1.807) is 11.7 Å². The maximum absolute atomic E-state index is 12.4. The van der Waals surface area contributed by atoms with E-state index in [0.29, 0.717) is 12.4 Å². The third-order valence-electron chi connectivity index (χ3n) is 2.93. The molecule has 0 radical (unpaired) electrons. The fourth-order valence-electron chi connectivity index (χ4n) is 2.04. The van der Waals surface area contributed by atoms with Crippen molar-refractivity contribution >= 4 is 11.7 Å². The van der Waals surface area contributed by atoms with Gasteiger partial charge in [-0.05, 0) is 19.4 Å². The highest BCUT2D eigenvalue weighted by Crippen LogP contribution is 2.20. The number of carbonyl (C=O) groups excluding carboxylic acids is 1. The summed E-state index contributed by atoms with van der Waals surface area (Å²) in [5.41, 5.74) is 1.70. The Balaban J connectivity index is 2.17. The molecule has 106 valence electrons. The number of aryl methyl sites for hydroxylation is 2. The Hall–Kier alpha value is -2.14. The maximum atomic E-state index is 12.4. The first-order valence-electron chi connectivity index (χ1n) is 6.60. The average Bonchev–Trinajstić information content (AvgIpc) is 2.75. The zero-order valence-corrected chi connectivity index (χ0v) is 12.0. The summed E-state index contributed by atoms with van der Waals surface area (Å²) >= 11 is 0. The van der Waals surface area contributed by atoms with E-state index in [4.69, 9.17) is 4.74 Å². The summed E-state index contributed by atoms with van der Waals surface area (Å²) in [6.45, 7) is 4.22. The van der Waals surface area contributed by atoms with Crippen LogP contribution in [0.4, 0.5) is 5.82 Å². The molecular weight excluding hydrogens is 254 g/mol. The number of amides is 1. The van der Waals surface area contributed by atoms with Crippen molar-refractivity contribution in [2.45, 2.75) is 20.0 Å². The van der Waals surface area contributed by atoms with Gasteiger partial charge in [-0.3, -0.25) is 9.48 Å². The minimum Gasteiger partial charge on any atom is -0.364 e. The van der Waals surface area contributed by atoms with Gasteiger partial charge >= 0.3 is 0 Å². The predicted octanol–water partition coefficient (Wildman–Crippen LogP) is 2.44. The molecular formula is C15H19N3O2. The Bertz CT molecular complexity index is 578. The molecule has 0 aliphatic heterocycles. The first kappa shape index (κ1) is 14.3. The zero-order chi connectivity index (χ0) is 14.5. The van der Waals surface area contributed by atoms with Crippen LogP contribution in [0.15, 0.2) is 36.4 Å². The van der Waals surface area contributed by atoms with Crippen molar-refractivity contribution in [3.63, 3.8) is 0 Å². The first-order valence-corrected chi connectivity index (χ1v) is 6.60. The van der Waals surface area contributed by atoms with Gasteiger partial charge in [0.25, 0.3) is 5.91 Å². The highest BCUT2D eigenvalue weighted by Gasteiger charge is 2.21. The molecule has 2 rings (SSSR count). The van der Waals surface area contributed by atoms with E-state index in [0.717, 1.165) is 11.3 Å². The van der Waals surface area contributed by atoms with Gasteiger partial charge in [0.15, 0.2) is 6.10 Å². The van der Waals surface area contributed by atoms with Crippen LogP contribution >= 0.6 is 0 Å². The number of carbonyl (C=O) groups is 1. The van der Waals surface area contributed by atoms with E-state index >= 15 is 0 Å². The Morgan fingerprint density at radius 1 is 1.40 bits per heavy atom. The second kappa shape index (κ2) is 6.34. The van der Waals surface area contributed by atoms with E-state index in [2.05, 4.69) is 10.4 Å². The lowest BCUT2D eigenvalue weighted by atomic mass is 10.1. The van der Waals surface area contributed by atoms with Gasteiger partial charge < -0.3 is 10.1 Å². The van der Waals surface area contributed by atoms with Crippen molar-refractivity contribution in [2.24, 2.45) is 7.05 Å². The van der Waals surface area contributed by atoms with Gasteiger partial charge in [-0.2, -0.15) is 5.10 Å². The standard InChI is InChI=1S/C15H19N3O2/c1-4-20-14(12-8-6-5-7-9-12)15(19)16-13-10-11(2)17-18(13)3/h5-10,14H,4H2,1-3H3,(H,16,19)/t14-/m0/s1. The molecule has 0 aliphatic rings. The molecule has 0 unspecified atom stereocenters. The molecule has 2 aromatic rings. The van der Waals surface area contributed by atoms with Gasteiger partial charge in [0.2, 0.25) is 0 Å². The van der Waals surface area contributed by atoms with Gasteiger partial charge in [-0.15, -0.1) is 0 Å². The number of rotatable bonds is 5. The largest absolute Gasteiger partial charge is 0.364 e. The van der Waals surface area contributed by atoms with Crippen molar-refractivity contribution < 1.29 is 9.53 Å². The SMILES string of the molecule is CCO[C@H](C(=O)Nc1cc(C)nn1C)c1ccccc1. The van der Waals surface area contributed by atoms with Crippen LogP contribution in [0, 0.1) is 6.92 Å². The van der Waals surface area contributed by atoms with Crippen molar-refractivity contribution in [3.8, 4) is 0 Å². The monoisotopic (exact) mass is 273 g/mol. The highest BCUT2D eigenvalue weighted by molar-refractivity contribution is 5.94. The zero-order valence-electron chi connectivity index (χ0n) is 12.0. The average molecular weight is 273 g/mol. The number of aromatic nitrogens is 2. The predicted molar refractivity (Wildman–Crippen MR) is 77.4 cm³/mol. The third-order valence-corrected chi connectivity index (χ3v) is 2.93. The molecule has 1 heterocycles. The van der Waals surface area contributed by atoms with Crippen molar-refractivity contribution in [3.05, 3.63) is 47.7 Å². The van der Waals surface area contributed by atoms with Gasteiger partial charge in [0.1, 0.15) is 5.82 Å². The third kappa shape index (κ3) is 3.24. The summed E-state index contributed by atoms with van der Waals surface area (Å²) in [4.78, 5) is 12.4. The summed E-state index contributed by atoms with van der Waals surface area (Å²) in [6.07, 6.45) is -0.614. The van der Waals surface area contributed by atoms with Crippen LogP contribution in [-0.2, 0) is 16.6 Å². The van der Waals surface area contributed by atoms with Crippen LogP contribution in [-0.4, -0.2) is 22.3 Å². The molecule has 0 spiro atoms. The number of nitrogens with zero attached hydrogens (tertiary/aromatic N) is 2. The second-order valence-electron chi connectivity index (χ2n) is 4.53. The van der Waals surface area contributed by atoms with E-state index in [9.17, 15) is 4.79 Å². The van der Waals surface area contributed by atoms with Gasteiger partial charge in [-0.25, -0.2) is 0 Å². The molecule has 1 N–H and O–H groups in total. The van der Waals surface area contributed by atoms with Crippen LogP contribution < -0.4 is 5.32 Å². The fourth-order valence-corrected chi connectivity index (χ4v) is 2.04. The van der Waals surface area contributed by atoms with Crippen LogP contribution in [0.2, 0.25) is 0 Å². The maximum Gasteiger partial charge on any atom is 0.259 e. The molecule has 1 aromatic heterocycles. The quantitative estimate of drug-likeness (QED) is 0.910. The van der Waals surface area contributed by atoms with Crippen LogP contribution in [0.1, 0.15) is 24.3 Å². The molecule has 0 aliphatic carbocycles. The molecule has 0 bridgehead atoms. The van der Waals surface area contributed by atoms with Crippen molar-refractivity contribution in [2.75, 3.05) is 11.9 Å². The Kier molecular flexibility index (Phi) is 4.53. The van der Waals surface area contributed by atoms with Gasteiger partial charge in [-0.1, -0.05) is 30.3 Å². The van der Waals surface area contributed by atoms with E-state index in [1.807, 2.05) is 50.2 Å². The summed E-state index contributed by atoms with van der Waals surface area (Å²) in [6, 6.07) is 11.3.